The second-order valence-electron chi connectivity index (χ2n) is 7.57. The summed E-state index contributed by atoms with van der Waals surface area (Å²) in [4.78, 5) is 24.8. The molecule has 0 fully saturated rings. The van der Waals surface area contributed by atoms with E-state index in [-0.39, 0.29) is 11.6 Å². The third-order valence-electron chi connectivity index (χ3n) is 4.83. The first-order valence-corrected chi connectivity index (χ1v) is 9.71. The lowest BCUT2D eigenvalue weighted by molar-refractivity contribution is 0.0983. The van der Waals surface area contributed by atoms with E-state index < -0.39 is 0 Å². The number of hydrogen-bond acceptors (Lipinski definition) is 2. The summed E-state index contributed by atoms with van der Waals surface area (Å²) in [5.74, 6) is -0.0922. The lowest BCUT2D eigenvalue weighted by Crippen LogP contribution is -2.16. The van der Waals surface area contributed by atoms with Crippen LogP contribution in [0.1, 0.15) is 80.5 Å². The molecule has 2 heteroatoms. The molecule has 2 rings (SSSR count). The number of rotatable bonds is 8. The SMILES string of the molecule is CC(C)=CCCC(C)=CCCC(C)=CCC1=CC(=O)c2ccccc2C1=O. The second kappa shape index (κ2) is 10.0. The second-order valence-corrected chi connectivity index (χ2v) is 7.57. The van der Waals surface area contributed by atoms with Crippen LogP contribution in [0.15, 0.2) is 70.9 Å². The van der Waals surface area contributed by atoms with Crippen molar-refractivity contribution in [2.24, 2.45) is 0 Å². The Labute approximate surface area is 163 Å². The van der Waals surface area contributed by atoms with Gasteiger partial charge in [0.25, 0.3) is 0 Å². The zero-order chi connectivity index (χ0) is 19.8. The van der Waals surface area contributed by atoms with Gasteiger partial charge in [0.05, 0.1) is 0 Å². The van der Waals surface area contributed by atoms with Crippen LogP contribution in [0.4, 0.5) is 0 Å². The maximum Gasteiger partial charge on any atom is 0.190 e. The minimum absolute atomic E-state index is 0.0238. The molecule has 0 spiro atoms. The van der Waals surface area contributed by atoms with E-state index in [0.717, 1.165) is 25.7 Å². The highest BCUT2D eigenvalue weighted by molar-refractivity contribution is 6.24. The van der Waals surface area contributed by atoms with E-state index in [1.54, 1.807) is 24.3 Å². The smallest absolute Gasteiger partial charge is 0.190 e. The Morgan fingerprint density at radius 3 is 2.07 bits per heavy atom. The first-order valence-electron chi connectivity index (χ1n) is 9.71. The molecule has 1 aliphatic rings. The first-order chi connectivity index (χ1) is 12.9. The van der Waals surface area contributed by atoms with Gasteiger partial charge in [-0.15, -0.1) is 0 Å². The van der Waals surface area contributed by atoms with Crippen LogP contribution in [-0.2, 0) is 0 Å². The molecule has 0 heterocycles. The molecule has 1 aromatic rings. The van der Waals surface area contributed by atoms with Crippen LogP contribution in [-0.4, -0.2) is 11.6 Å². The zero-order valence-electron chi connectivity index (χ0n) is 17.0. The summed E-state index contributed by atoms with van der Waals surface area (Å²) in [6, 6.07) is 7.06. The Kier molecular flexibility index (Phi) is 7.72. The molecule has 1 aliphatic carbocycles. The number of Topliss-reactive ketones (excluding diaryl/α,β-unsaturated/α-hetero) is 1. The van der Waals surface area contributed by atoms with E-state index in [9.17, 15) is 9.59 Å². The third-order valence-corrected chi connectivity index (χ3v) is 4.83. The number of hydrogen-bond donors (Lipinski definition) is 0. The number of benzene rings is 1. The van der Waals surface area contributed by atoms with Crippen molar-refractivity contribution >= 4 is 11.6 Å². The highest BCUT2D eigenvalue weighted by Crippen LogP contribution is 2.24. The predicted molar refractivity (Wildman–Crippen MR) is 113 cm³/mol. The van der Waals surface area contributed by atoms with Gasteiger partial charge in [0.2, 0.25) is 0 Å². The molecular formula is C25H30O2. The Bertz CT molecular complexity index is 828. The van der Waals surface area contributed by atoms with E-state index in [1.165, 1.54) is 22.8 Å². The van der Waals surface area contributed by atoms with E-state index in [2.05, 4.69) is 45.9 Å². The number of carbonyl (C=O) groups is 2. The van der Waals surface area contributed by atoms with Crippen molar-refractivity contribution < 1.29 is 9.59 Å². The summed E-state index contributed by atoms with van der Waals surface area (Å²) in [6.07, 6.45) is 12.9. The summed E-state index contributed by atoms with van der Waals surface area (Å²) in [6.45, 7) is 8.54. The Balaban J connectivity index is 1.88. The molecule has 0 saturated carbocycles. The molecule has 1 aromatic carbocycles. The maximum absolute atomic E-state index is 12.6. The van der Waals surface area contributed by atoms with Crippen molar-refractivity contribution in [1.29, 1.82) is 0 Å². The molecule has 27 heavy (non-hydrogen) atoms. The van der Waals surface area contributed by atoms with Gasteiger partial charge in [-0.3, -0.25) is 9.59 Å². The summed E-state index contributed by atoms with van der Waals surface area (Å²) >= 11 is 0. The minimum atomic E-state index is -0.0684. The molecule has 0 bridgehead atoms. The van der Waals surface area contributed by atoms with E-state index >= 15 is 0 Å². The fraction of sp³-hybridized carbons (Fsp3) is 0.360. The van der Waals surface area contributed by atoms with Crippen molar-refractivity contribution in [1.82, 2.24) is 0 Å². The molecular weight excluding hydrogens is 332 g/mol. The van der Waals surface area contributed by atoms with Crippen molar-refractivity contribution in [3.63, 3.8) is 0 Å². The molecule has 0 saturated heterocycles. The summed E-state index contributed by atoms with van der Waals surface area (Å²) in [5, 5.41) is 0. The van der Waals surface area contributed by atoms with Crippen molar-refractivity contribution in [3.8, 4) is 0 Å². The fourth-order valence-corrected chi connectivity index (χ4v) is 3.15. The van der Waals surface area contributed by atoms with Crippen molar-refractivity contribution in [3.05, 3.63) is 82.0 Å². The van der Waals surface area contributed by atoms with E-state index in [0.29, 0.717) is 23.1 Å². The van der Waals surface area contributed by atoms with E-state index in [1.807, 2.05) is 0 Å². The summed E-state index contributed by atoms with van der Waals surface area (Å²) in [7, 11) is 0. The average molecular weight is 363 g/mol. The quantitative estimate of drug-likeness (QED) is 0.476. The Morgan fingerprint density at radius 2 is 1.41 bits per heavy atom. The van der Waals surface area contributed by atoms with Gasteiger partial charge in [-0.25, -0.2) is 0 Å². The Hall–Kier alpha value is -2.48. The monoisotopic (exact) mass is 362 g/mol. The third kappa shape index (κ3) is 6.32. The van der Waals surface area contributed by atoms with Crippen LogP contribution in [0.5, 0.6) is 0 Å². The molecule has 0 radical (unpaired) electrons. The molecule has 0 atom stereocenters. The van der Waals surface area contributed by atoms with Gasteiger partial charge in [0.15, 0.2) is 11.6 Å². The minimum Gasteiger partial charge on any atom is -0.289 e. The maximum atomic E-state index is 12.6. The molecule has 0 unspecified atom stereocenters. The largest absolute Gasteiger partial charge is 0.289 e. The van der Waals surface area contributed by atoms with Crippen LogP contribution in [0.2, 0.25) is 0 Å². The average Bonchev–Trinajstić information content (AvgIpc) is 2.63. The van der Waals surface area contributed by atoms with Crippen LogP contribution in [0, 0.1) is 0 Å². The van der Waals surface area contributed by atoms with Gasteiger partial charge in [-0.2, -0.15) is 0 Å². The number of ketones is 2. The standard InChI is InChI=1S/C25H30O2/c1-18(2)9-7-10-19(3)11-8-12-20(4)15-16-21-17-24(26)22-13-5-6-14-23(22)25(21)27/h5-6,9,11,13-15,17H,7-8,10,12,16H2,1-4H3. The number of fused-ring (bicyclic) bond motifs is 1. The highest BCUT2D eigenvalue weighted by atomic mass is 16.1. The van der Waals surface area contributed by atoms with Crippen LogP contribution in [0.3, 0.4) is 0 Å². The molecule has 0 aromatic heterocycles. The van der Waals surface area contributed by atoms with Crippen LogP contribution in [0.25, 0.3) is 0 Å². The fourth-order valence-electron chi connectivity index (χ4n) is 3.15. The normalized spacial score (nSPS) is 14.7. The topological polar surface area (TPSA) is 34.1 Å². The molecule has 0 N–H and O–H groups in total. The van der Waals surface area contributed by atoms with Crippen molar-refractivity contribution in [2.75, 3.05) is 0 Å². The molecule has 0 aliphatic heterocycles. The lowest BCUT2D eigenvalue weighted by Gasteiger charge is -2.14. The molecule has 2 nitrogen and oxygen atoms in total. The van der Waals surface area contributed by atoms with Gasteiger partial charge >= 0.3 is 0 Å². The van der Waals surface area contributed by atoms with Gasteiger partial charge < -0.3 is 0 Å². The molecule has 0 amide bonds. The van der Waals surface area contributed by atoms with Gasteiger partial charge in [-0.1, -0.05) is 59.2 Å². The van der Waals surface area contributed by atoms with Gasteiger partial charge in [-0.05, 0) is 65.9 Å². The zero-order valence-corrected chi connectivity index (χ0v) is 17.0. The Morgan fingerprint density at radius 1 is 0.815 bits per heavy atom. The molecule has 142 valence electrons. The lowest BCUT2D eigenvalue weighted by atomic mass is 9.88. The van der Waals surface area contributed by atoms with Gasteiger partial charge in [0, 0.05) is 16.7 Å². The van der Waals surface area contributed by atoms with E-state index in [4.69, 9.17) is 0 Å². The van der Waals surface area contributed by atoms with Crippen LogP contribution < -0.4 is 0 Å². The summed E-state index contributed by atoms with van der Waals surface area (Å²) in [5.41, 5.74) is 5.68. The number of allylic oxidation sites excluding steroid dienone is 8. The first kappa shape index (κ1) is 20.8. The van der Waals surface area contributed by atoms with Crippen molar-refractivity contribution in [2.45, 2.75) is 59.8 Å². The van der Waals surface area contributed by atoms with Crippen LogP contribution >= 0.6 is 0 Å². The predicted octanol–water partition coefficient (Wildman–Crippen LogP) is 6.80. The highest BCUT2D eigenvalue weighted by Gasteiger charge is 2.23. The summed E-state index contributed by atoms with van der Waals surface area (Å²) < 4.78 is 0. The van der Waals surface area contributed by atoms with Gasteiger partial charge in [0.1, 0.15) is 0 Å². The number of carbonyl (C=O) groups excluding carboxylic acids is 2.